The highest BCUT2D eigenvalue weighted by molar-refractivity contribution is 6.27. The Morgan fingerprint density at radius 2 is 1.69 bits per heavy atom. The lowest BCUT2D eigenvalue weighted by molar-refractivity contribution is -0.160. The van der Waals surface area contributed by atoms with Gasteiger partial charge in [0.15, 0.2) is 5.75 Å². The number of anilines is 3. The maximum Gasteiger partial charge on any atom is 0.312 e. The maximum atomic E-state index is 14.6. The number of fused-ring (bicyclic) bond motifs is 2. The number of nitrogens with one attached hydrogen (secondary N) is 2. The second-order valence-corrected chi connectivity index (χ2v) is 15.8. The first-order chi connectivity index (χ1) is 27.4. The maximum absolute atomic E-state index is 14.6. The third-order valence-electron chi connectivity index (χ3n) is 11.8. The number of hydrogen-bond acceptors (Lipinski definition) is 14. The highest BCUT2D eigenvalue weighted by atomic mass is 16.7. The van der Waals surface area contributed by atoms with Gasteiger partial charge in [-0.2, -0.15) is 0 Å². The van der Waals surface area contributed by atoms with Crippen LogP contribution in [-0.2, 0) is 23.8 Å². The summed E-state index contributed by atoms with van der Waals surface area (Å²) < 4.78 is 23.8. The predicted octanol–water partition coefficient (Wildman–Crippen LogP) is 5.05. The van der Waals surface area contributed by atoms with E-state index in [1.54, 1.807) is 76.1 Å². The lowest BCUT2D eigenvalue weighted by atomic mass is 9.78. The minimum Gasteiger partial charge on any atom is -0.507 e. The molecule has 6 rings (SSSR count). The van der Waals surface area contributed by atoms with Crippen molar-refractivity contribution in [1.82, 2.24) is 0 Å². The number of methoxy groups -OCH3 is 1. The molecule has 1 amide bonds. The van der Waals surface area contributed by atoms with Crippen molar-refractivity contribution in [2.24, 2.45) is 23.7 Å². The zero-order valence-corrected chi connectivity index (χ0v) is 34.1. The molecule has 15 nitrogen and oxygen atoms in total. The molecule has 4 heterocycles. The fourth-order valence-corrected chi connectivity index (χ4v) is 8.31. The summed E-state index contributed by atoms with van der Waals surface area (Å²) >= 11 is 0. The van der Waals surface area contributed by atoms with E-state index in [1.165, 1.54) is 40.2 Å². The van der Waals surface area contributed by atoms with Crippen LogP contribution in [0.1, 0.15) is 64.4 Å². The molecule has 0 radical (unpaired) electrons. The van der Waals surface area contributed by atoms with Gasteiger partial charge in [0.05, 0.1) is 53.5 Å². The van der Waals surface area contributed by atoms with Crippen molar-refractivity contribution >= 4 is 45.5 Å². The number of ether oxygens (including phenoxy) is 4. The molecular formula is C43H53N3O12. The second kappa shape index (κ2) is 16.1. The van der Waals surface area contributed by atoms with Crippen LogP contribution < -0.4 is 20.3 Å². The molecule has 2 aromatic carbocycles. The molecule has 2 aromatic rings. The second-order valence-electron chi connectivity index (χ2n) is 15.8. The summed E-state index contributed by atoms with van der Waals surface area (Å²) in [6.45, 7) is 12.5. The molecule has 0 aliphatic carbocycles. The minimum absolute atomic E-state index is 0.0174. The van der Waals surface area contributed by atoms with Crippen LogP contribution in [0.2, 0.25) is 0 Å². The Kier molecular flexibility index (Phi) is 11.7. The fourth-order valence-electron chi connectivity index (χ4n) is 8.31. The number of amides is 1. The molecule has 0 saturated heterocycles. The molecule has 4 bridgehead atoms. The number of phenolic OH excluding ortho intramolecular Hbond substituents is 2. The summed E-state index contributed by atoms with van der Waals surface area (Å²) in [7, 11) is 1.45. The van der Waals surface area contributed by atoms with Crippen LogP contribution in [-0.4, -0.2) is 93.3 Å². The topological polar surface area (TPSA) is 217 Å². The van der Waals surface area contributed by atoms with E-state index in [0.29, 0.717) is 11.3 Å². The third kappa shape index (κ3) is 7.20. The molecule has 10 atom stereocenters. The number of rotatable bonds is 3. The Hall–Kier alpha value is -5.35. The first-order valence-electron chi connectivity index (χ1n) is 19.3. The van der Waals surface area contributed by atoms with E-state index in [2.05, 4.69) is 10.6 Å². The molecule has 1 unspecified atom stereocenters. The van der Waals surface area contributed by atoms with Crippen molar-refractivity contribution < 1.29 is 58.9 Å². The Labute approximate surface area is 336 Å². The molecule has 0 spiro atoms. The minimum atomic E-state index is -1.97. The van der Waals surface area contributed by atoms with Crippen molar-refractivity contribution in [2.75, 3.05) is 29.3 Å². The number of Topliss-reactive ketones (excluding diaryl/α,β-unsaturated/α-hetero) is 1. The fraction of sp³-hybridized carbons (Fsp3) is 0.465. The van der Waals surface area contributed by atoms with E-state index < -0.39 is 89.2 Å². The van der Waals surface area contributed by atoms with Crippen LogP contribution >= 0.6 is 0 Å². The van der Waals surface area contributed by atoms with Crippen molar-refractivity contribution in [3.63, 3.8) is 0 Å². The largest absolute Gasteiger partial charge is 0.507 e. The molecule has 7 N–H and O–H groups in total. The number of aliphatic hydroxyl groups is 3. The van der Waals surface area contributed by atoms with E-state index in [9.17, 15) is 39.9 Å². The van der Waals surface area contributed by atoms with Gasteiger partial charge >= 0.3 is 11.8 Å². The summed E-state index contributed by atoms with van der Waals surface area (Å²) in [6.07, 6.45) is 8.29. The van der Waals surface area contributed by atoms with E-state index in [-0.39, 0.29) is 51.2 Å². The van der Waals surface area contributed by atoms with E-state index >= 15 is 0 Å². The quantitative estimate of drug-likeness (QED) is 0.123. The monoisotopic (exact) mass is 803 g/mol. The van der Waals surface area contributed by atoms with Gasteiger partial charge < -0.3 is 60.0 Å². The van der Waals surface area contributed by atoms with Crippen molar-refractivity contribution in [3.05, 3.63) is 71.2 Å². The number of aliphatic hydroxyl groups excluding tert-OH is 3. The summed E-state index contributed by atoms with van der Waals surface area (Å²) in [5, 5.41) is 62.7. The number of hydrogen-bond donors (Lipinski definition) is 7. The number of phenols is 2. The van der Waals surface area contributed by atoms with Crippen LogP contribution in [0.4, 0.5) is 17.1 Å². The van der Waals surface area contributed by atoms with Gasteiger partial charge in [0, 0.05) is 67.4 Å². The first-order valence-corrected chi connectivity index (χ1v) is 19.3. The SMILES string of the molecule is CO[C@H]1/C=C/O[C@@]2(C)Oc3c(C)c(O)c4c(O)c(c5c(c4c3C2=O)NC2C=C(CO)C=CN52)NC(=O)/C(C)=C\C=C\[C@H](C)[C@H](O)[C@@H](C)[C@@H](O)[C@@H](C)[C@H](OC(C)=O)[C@@H]1C. The molecule has 312 valence electrons. The Balaban J connectivity index is 1.54. The average Bonchev–Trinajstić information content (AvgIpc) is 3.70. The standard InChI is InChI=1S/C43H53N3O12/c1-19-11-10-12-20(2)42(54)45-33-34-32(44-28-17-26(18-47)13-15-46(28)34)29-30(38(33)52)37(51)24(6)40-31(29)41(53)43(8,58-40)56-16-14-27(55-9)21(3)39(57-25(7)48)23(5)36(50)22(4)35(19)49/h10-17,19,21-23,27-28,35-36,39,44,47,49-52H,18H2,1-9H3,(H,45,54)/b11-10+,16-14+,20-12-/t19-,21+,22+,23+,27-,28?,35-,36+,39+,43-/m0/s1. The molecule has 58 heavy (non-hydrogen) atoms. The smallest absolute Gasteiger partial charge is 0.312 e. The van der Waals surface area contributed by atoms with Gasteiger partial charge in [-0.25, -0.2) is 0 Å². The van der Waals surface area contributed by atoms with Gasteiger partial charge in [-0.3, -0.25) is 14.4 Å². The Morgan fingerprint density at radius 3 is 2.34 bits per heavy atom. The molecule has 0 saturated carbocycles. The number of ketones is 1. The molecule has 0 aromatic heterocycles. The van der Waals surface area contributed by atoms with Crippen molar-refractivity contribution in [3.8, 4) is 17.2 Å². The zero-order valence-electron chi connectivity index (χ0n) is 34.1. The van der Waals surface area contributed by atoms with Gasteiger partial charge in [-0.05, 0) is 37.6 Å². The predicted molar refractivity (Wildman–Crippen MR) is 216 cm³/mol. The number of nitrogens with zero attached hydrogens (tertiary/aromatic N) is 1. The van der Waals surface area contributed by atoms with Crippen molar-refractivity contribution in [2.45, 2.75) is 91.8 Å². The number of allylic oxidation sites excluding steroid dienone is 2. The van der Waals surface area contributed by atoms with Crippen LogP contribution in [0.5, 0.6) is 17.2 Å². The number of carbonyl (C=O) groups excluding carboxylic acids is 3. The van der Waals surface area contributed by atoms with Crippen LogP contribution in [0.3, 0.4) is 0 Å². The van der Waals surface area contributed by atoms with E-state index in [1.807, 2.05) is 0 Å². The molecule has 0 fully saturated rings. The lowest BCUT2D eigenvalue weighted by Crippen LogP contribution is -2.46. The summed E-state index contributed by atoms with van der Waals surface area (Å²) in [5.41, 5.74) is 1.51. The molecule has 4 aliphatic rings. The van der Waals surface area contributed by atoms with Gasteiger partial charge in [0.25, 0.3) is 11.7 Å². The summed E-state index contributed by atoms with van der Waals surface area (Å²) in [5.74, 6) is -7.07. The van der Waals surface area contributed by atoms with Gasteiger partial charge in [0.1, 0.15) is 29.5 Å². The number of esters is 1. The number of benzene rings is 2. The van der Waals surface area contributed by atoms with Crippen LogP contribution in [0.25, 0.3) is 10.8 Å². The highest BCUT2D eigenvalue weighted by Gasteiger charge is 2.51. The summed E-state index contributed by atoms with van der Waals surface area (Å²) in [4.78, 5) is 42.5. The molecule has 4 aliphatic heterocycles. The zero-order chi connectivity index (χ0) is 42.5. The van der Waals surface area contributed by atoms with Crippen molar-refractivity contribution in [1.29, 1.82) is 0 Å². The summed E-state index contributed by atoms with van der Waals surface area (Å²) in [6, 6.07) is 0. The average molecular weight is 804 g/mol. The number of aromatic hydroxyl groups is 2. The normalized spacial score (nSPS) is 33.2. The van der Waals surface area contributed by atoms with Crippen LogP contribution in [0.15, 0.2) is 60.1 Å². The third-order valence-corrected chi connectivity index (χ3v) is 11.8. The van der Waals surface area contributed by atoms with Gasteiger partial charge in [-0.1, -0.05) is 45.9 Å². The Bertz CT molecular complexity index is 2170. The number of carbonyl (C=O) groups is 3. The van der Waals surface area contributed by atoms with E-state index in [0.717, 1.165) is 0 Å². The Morgan fingerprint density at radius 1 is 0.983 bits per heavy atom. The van der Waals surface area contributed by atoms with Gasteiger partial charge in [-0.15, -0.1) is 0 Å². The highest BCUT2D eigenvalue weighted by Crippen LogP contribution is 2.59. The van der Waals surface area contributed by atoms with Crippen LogP contribution in [0, 0.1) is 30.6 Å². The molecule has 15 heteroatoms. The molecular weight excluding hydrogens is 750 g/mol. The first kappa shape index (κ1) is 42.3. The lowest BCUT2D eigenvalue weighted by Gasteiger charge is -2.38. The van der Waals surface area contributed by atoms with Gasteiger partial charge in [0.2, 0.25) is 0 Å². The van der Waals surface area contributed by atoms with E-state index in [4.69, 9.17) is 18.9 Å².